The van der Waals surface area contributed by atoms with E-state index >= 15 is 0 Å². The molecule has 0 bridgehead atoms. The van der Waals surface area contributed by atoms with Crippen molar-refractivity contribution in [2.75, 3.05) is 19.8 Å². The number of aliphatic hydroxyl groups is 4. The molecule has 92 valence electrons. The van der Waals surface area contributed by atoms with Crippen LogP contribution >= 0.6 is 0 Å². The predicted molar refractivity (Wildman–Crippen MR) is 60.5 cm³/mol. The average Bonchev–Trinajstić information content (AvgIpc) is 2.39. The highest BCUT2D eigenvalue weighted by Gasteiger charge is 2.20. The normalized spacial score (nSPS) is 10.6. The fraction of sp³-hybridized carbons (Fsp3) is 0.455. The summed E-state index contributed by atoms with van der Waals surface area (Å²) >= 11 is 0. The summed E-state index contributed by atoms with van der Waals surface area (Å²) in [5.74, 6) is 0. The van der Waals surface area contributed by atoms with Gasteiger partial charge in [-0.25, -0.2) is 0 Å². The lowest BCUT2D eigenvalue weighted by molar-refractivity contribution is 0.0698. The van der Waals surface area contributed by atoms with E-state index in [4.69, 9.17) is 26.2 Å². The van der Waals surface area contributed by atoms with Crippen LogP contribution in [-0.4, -0.2) is 45.8 Å². The maximum atomic E-state index is 8.54. The minimum atomic E-state index is -1.21. The third kappa shape index (κ3) is 5.79. The minimum Gasteiger partial charge on any atom is -0.394 e. The summed E-state index contributed by atoms with van der Waals surface area (Å²) in [6.45, 7) is -1.07. The molecule has 0 aliphatic carbocycles. The Bertz CT molecular complexity index is 254. The van der Waals surface area contributed by atoms with Gasteiger partial charge in [0, 0.05) is 0 Å². The van der Waals surface area contributed by atoms with Crippen LogP contribution in [0.5, 0.6) is 0 Å². The van der Waals surface area contributed by atoms with E-state index in [9.17, 15) is 0 Å². The molecule has 5 heteroatoms. The van der Waals surface area contributed by atoms with Crippen molar-refractivity contribution in [1.29, 1.82) is 0 Å². The summed E-state index contributed by atoms with van der Waals surface area (Å²) < 4.78 is 0. The van der Waals surface area contributed by atoms with Crippen molar-refractivity contribution in [1.82, 2.24) is 0 Å². The van der Waals surface area contributed by atoms with Crippen molar-refractivity contribution >= 4 is 0 Å². The van der Waals surface area contributed by atoms with Crippen molar-refractivity contribution in [3.05, 3.63) is 35.9 Å². The van der Waals surface area contributed by atoms with Crippen molar-refractivity contribution in [2.24, 2.45) is 5.73 Å². The molecule has 5 nitrogen and oxygen atoms in total. The molecular formula is C11H19NO4. The van der Waals surface area contributed by atoms with Gasteiger partial charge in [0.25, 0.3) is 0 Å². The Morgan fingerprint density at radius 2 is 1.31 bits per heavy atom. The third-order valence-corrected chi connectivity index (χ3v) is 1.97. The Morgan fingerprint density at radius 3 is 1.50 bits per heavy atom. The number of aliphatic hydroxyl groups excluding tert-OH is 4. The van der Waals surface area contributed by atoms with Crippen LogP contribution in [0.4, 0.5) is 0 Å². The molecule has 0 unspecified atom stereocenters. The van der Waals surface area contributed by atoms with E-state index < -0.39 is 25.4 Å². The second-order valence-corrected chi connectivity index (χ2v) is 3.48. The van der Waals surface area contributed by atoms with E-state index in [1.807, 2.05) is 30.3 Å². The smallest absolute Gasteiger partial charge is 0.0856 e. The highest BCUT2D eigenvalue weighted by Crippen LogP contribution is 1.95. The summed E-state index contributed by atoms with van der Waals surface area (Å²) in [5.41, 5.74) is 4.90. The molecule has 0 radical (unpaired) electrons. The second kappa shape index (κ2) is 8.20. The quantitative estimate of drug-likeness (QED) is 0.448. The lowest BCUT2D eigenvalue weighted by Gasteiger charge is -2.20. The molecule has 16 heavy (non-hydrogen) atoms. The molecule has 0 aliphatic heterocycles. The van der Waals surface area contributed by atoms with Crippen LogP contribution < -0.4 is 5.73 Å². The van der Waals surface area contributed by atoms with Crippen molar-refractivity contribution in [3.8, 4) is 0 Å². The zero-order valence-corrected chi connectivity index (χ0v) is 9.08. The molecule has 1 rings (SSSR count). The molecule has 0 heterocycles. The van der Waals surface area contributed by atoms with Gasteiger partial charge in [-0.3, -0.25) is 0 Å². The van der Waals surface area contributed by atoms with E-state index in [1.165, 1.54) is 0 Å². The van der Waals surface area contributed by atoms with E-state index in [-0.39, 0.29) is 6.61 Å². The number of benzene rings is 1. The molecule has 0 aromatic heterocycles. The first-order valence-electron chi connectivity index (χ1n) is 4.88. The maximum Gasteiger partial charge on any atom is 0.0856 e. The average molecular weight is 229 g/mol. The highest BCUT2D eigenvalue weighted by molar-refractivity contribution is 5.12. The Balaban J connectivity index is 0.000000281. The number of nitrogens with two attached hydrogens (primary N) is 1. The summed E-state index contributed by atoms with van der Waals surface area (Å²) in [5, 5.41) is 33.6. The summed E-state index contributed by atoms with van der Waals surface area (Å²) in [6, 6.07) is 9.52. The van der Waals surface area contributed by atoms with Gasteiger partial charge in [-0.05, 0) is 5.56 Å². The van der Waals surface area contributed by atoms with E-state index in [0.29, 0.717) is 0 Å². The van der Waals surface area contributed by atoms with Gasteiger partial charge in [-0.1, -0.05) is 30.3 Å². The largest absolute Gasteiger partial charge is 0.394 e. The van der Waals surface area contributed by atoms with Gasteiger partial charge >= 0.3 is 0 Å². The van der Waals surface area contributed by atoms with Gasteiger partial charge < -0.3 is 26.2 Å². The first-order chi connectivity index (χ1) is 7.61. The van der Waals surface area contributed by atoms with Crippen LogP contribution in [0.25, 0.3) is 0 Å². The zero-order chi connectivity index (χ0) is 12.4. The third-order valence-electron chi connectivity index (χ3n) is 1.97. The zero-order valence-electron chi connectivity index (χ0n) is 9.08. The molecule has 0 saturated carbocycles. The second-order valence-electron chi connectivity index (χ2n) is 3.48. The van der Waals surface area contributed by atoms with Gasteiger partial charge in [0.15, 0.2) is 0 Å². The molecule has 0 spiro atoms. The topological polar surface area (TPSA) is 107 Å². The van der Waals surface area contributed by atoms with Crippen LogP contribution in [0.3, 0.4) is 0 Å². The Kier molecular flexibility index (Phi) is 7.70. The molecular weight excluding hydrogens is 210 g/mol. The van der Waals surface area contributed by atoms with Gasteiger partial charge in [0.1, 0.15) is 0 Å². The SMILES string of the molecule is NC(CO)(CO)CO.OCc1ccccc1. The van der Waals surface area contributed by atoms with Crippen molar-refractivity contribution < 1.29 is 20.4 Å². The molecule has 0 fully saturated rings. The fourth-order valence-corrected chi connectivity index (χ4v) is 0.733. The van der Waals surface area contributed by atoms with Crippen molar-refractivity contribution in [3.63, 3.8) is 0 Å². The Hall–Kier alpha value is -0.980. The first-order valence-corrected chi connectivity index (χ1v) is 4.88. The predicted octanol–water partition coefficient (Wildman–Crippen LogP) is -1.16. The lowest BCUT2D eigenvalue weighted by atomic mass is 10.1. The monoisotopic (exact) mass is 229 g/mol. The molecule has 1 aromatic rings. The highest BCUT2D eigenvalue weighted by atomic mass is 16.3. The van der Waals surface area contributed by atoms with E-state index in [1.54, 1.807) is 0 Å². The van der Waals surface area contributed by atoms with E-state index in [0.717, 1.165) is 5.56 Å². The first kappa shape index (κ1) is 15.0. The van der Waals surface area contributed by atoms with Gasteiger partial charge in [0.05, 0.1) is 32.0 Å². The maximum absolute atomic E-state index is 8.54. The lowest BCUT2D eigenvalue weighted by Crippen LogP contribution is -2.50. The van der Waals surface area contributed by atoms with Gasteiger partial charge in [-0.2, -0.15) is 0 Å². The standard InChI is InChI=1S/C7H8O.C4H11NO3/c8-6-7-4-2-1-3-5-7;5-4(1-6,2-7)3-8/h1-5,8H,6H2;6-8H,1-3,5H2. The molecule has 0 atom stereocenters. The number of hydrogen-bond donors (Lipinski definition) is 5. The number of hydrogen-bond acceptors (Lipinski definition) is 5. The van der Waals surface area contributed by atoms with Crippen LogP contribution in [0.2, 0.25) is 0 Å². The molecule has 0 amide bonds. The van der Waals surface area contributed by atoms with E-state index in [2.05, 4.69) is 0 Å². The minimum absolute atomic E-state index is 0.140. The summed E-state index contributed by atoms with van der Waals surface area (Å²) in [6.07, 6.45) is 0. The molecule has 6 N–H and O–H groups in total. The molecule has 0 saturated heterocycles. The van der Waals surface area contributed by atoms with Gasteiger partial charge in [-0.15, -0.1) is 0 Å². The number of rotatable bonds is 4. The molecule has 1 aromatic carbocycles. The molecule has 0 aliphatic rings. The van der Waals surface area contributed by atoms with Crippen LogP contribution in [0.15, 0.2) is 30.3 Å². The van der Waals surface area contributed by atoms with Crippen LogP contribution in [0.1, 0.15) is 5.56 Å². The summed E-state index contributed by atoms with van der Waals surface area (Å²) in [4.78, 5) is 0. The van der Waals surface area contributed by atoms with Gasteiger partial charge in [0.2, 0.25) is 0 Å². The Labute approximate surface area is 94.8 Å². The van der Waals surface area contributed by atoms with Crippen molar-refractivity contribution in [2.45, 2.75) is 12.1 Å². The fourth-order valence-electron chi connectivity index (χ4n) is 0.733. The van der Waals surface area contributed by atoms with Crippen LogP contribution in [-0.2, 0) is 6.61 Å². The summed E-state index contributed by atoms with van der Waals surface area (Å²) in [7, 11) is 0. The van der Waals surface area contributed by atoms with Crippen LogP contribution in [0, 0.1) is 0 Å². The Morgan fingerprint density at radius 1 is 0.875 bits per heavy atom.